The van der Waals surface area contributed by atoms with Crippen molar-refractivity contribution in [2.45, 2.75) is 19.5 Å². The summed E-state index contributed by atoms with van der Waals surface area (Å²) >= 11 is 0. The first-order valence-corrected chi connectivity index (χ1v) is 12.3. The van der Waals surface area contributed by atoms with Gasteiger partial charge in [0.05, 0.1) is 12.6 Å². The highest BCUT2D eigenvalue weighted by Gasteiger charge is 2.31. The van der Waals surface area contributed by atoms with Crippen molar-refractivity contribution >= 4 is 12.0 Å². The Morgan fingerprint density at radius 3 is 2.41 bits per heavy atom. The van der Waals surface area contributed by atoms with Crippen molar-refractivity contribution in [2.75, 3.05) is 45.8 Å². The van der Waals surface area contributed by atoms with Gasteiger partial charge >= 0.3 is 0 Å². The van der Waals surface area contributed by atoms with Crippen molar-refractivity contribution in [1.29, 1.82) is 0 Å². The van der Waals surface area contributed by atoms with Gasteiger partial charge in [-0.05, 0) is 30.2 Å². The van der Waals surface area contributed by atoms with E-state index in [2.05, 4.69) is 105 Å². The van der Waals surface area contributed by atoms with Crippen LogP contribution in [-0.4, -0.2) is 71.0 Å². The van der Waals surface area contributed by atoms with Gasteiger partial charge in [0.2, 0.25) is 5.91 Å². The molecule has 2 aliphatic heterocycles. The van der Waals surface area contributed by atoms with E-state index in [4.69, 9.17) is 0 Å². The van der Waals surface area contributed by atoms with Crippen molar-refractivity contribution in [3.63, 3.8) is 0 Å². The van der Waals surface area contributed by atoms with Gasteiger partial charge in [0, 0.05) is 57.7 Å². The number of aromatic nitrogens is 1. The second kappa shape index (κ2) is 10.4. The molecule has 0 radical (unpaired) electrons. The average Bonchev–Trinajstić information content (AvgIpc) is 3.35. The van der Waals surface area contributed by atoms with E-state index >= 15 is 0 Å². The van der Waals surface area contributed by atoms with Gasteiger partial charge in [-0.1, -0.05) is 72.3 Å². The maximum atomic E-state index is 13.3. The summed E-state index contributed by atoms with van der Waals surface area (Å²) in [5, 5.41) is 0. The predicted molar refractivity (Wildman–Crippen MR) is 138 cm³/mol. The van der Waals surface area contributed by atoms with Gasteiger partial charge < -0.3 is 9.47 Å². The number of hydrogen-bond donors (Lipinski definition) is 0. The van der Waals surface area contributed by atoms with Gasteiger partial charge in [-0.15, -0.1) is 0 Å². The molecule has 0 spiro atoms. The first-order chi connectivity index (χ1) is 16.7. The van der Waals surface area contributed by atoms with Crippen LogP contribution in [0.4, 0.5) is 0 Å². The second-order valence-electron chi connectivity index (χ2n) is 9.40. The van der Waals surface area contributed by atoms with Gasteiger partial charge in [0.25, 0.3) is 0 Å². The molecule has 1 fully saturated rings. The van der Waals surface area contributed by atoms with Crippen molar-refractivity contribution in [1.82, 2.24) is 19.3 Å². The monoisotopic (exact) mass is 454 g/mol. The molecular formula is C29H34N4O. The van der Waals surface area contributed by atoms with Gasteiger partial charge in [-0.2, -0.15) is 0 Å². The first-order valence-electron chi connectivity index (χ1n) is 12.3. The molecular weight excluding hydrogens is 420 g/mol. The Hall–Kier alpha value is -3.15. The number of nitrogens with zero attached hydrogens (tertiary/aromatic N) is 4. The van der Waals surface area contributed by atoms with Crippen LogP contribution in [0.15, 0.2) is 79.0 Å². The molecule has 34 heavy (non-hydrogen) atoms. The number of benzene rings is 2. The summed E-state index contributed by atoms with van der Waals surface area (Å²) in [6.07, 6.45) is 6.55. The number of aryl methyl sites for hydroxylation is 1. The fourth-order valence-electron chi connectivity index (χ4n) is 5.09. The molecule has 2 aromatic carbocycles. The zero-order valence-electron chi connectivity index (χ0n) is 20.0. The SMILES string of the molecule is Cc1ccc(C2c3cccn3CCN2CC(=O)N2CCN(C/C=C/c3ccccc3)CC2)cc1. The molecule has 5 nitrogen and oxygen atoms in total. The van der Waals surface area contributed by atoms with Crippen molar-refractivity contribution in [2.24, 2.45) is 0 Å². The van der Waals surface area contributed by atoms with Crippen molar-refractivity contribution in [3.05, 3.63) is 101 Å². The number of piperazine rings is 1. The van der Waals surface area contributed by atoms with Gasteiger partial charge in [0.1, 0.15) is 0 Å². The molecule has 0 aliphatic carbocycles. The number of hydrogen-bond acceptors (Lipinski definition) is 3. The molecule has 5 rings (SSSR count). The van der Waals surface area contributed by atoms with E-state index in [0.717, 1.165) is 45.8 Å². The summed E-state index contributed by atoms with van der Waals surface area (Å²) in [5.41, 5.74) is 5.02. The summed E-state index contributed by atoms with van der Waals surface area (Å²) in [6.45, 7) is 8.79. The van der Waals surface area contributed by atoms with Gasteiger partial charge in [-0.25, -0.2) is 0 Å². The minimum atomic E-state index is 0.123. The number of carbonyl (C=O) groups is 1. The highest BCUT2D eigenvalue weighted by atomic mass is 16.2. The van der Waals surface area contributed by atoms with Crippen LogP contribution in [0.2, 0.25) is 0 Å². The van der Waals surface area contributed by atoms with Gasteiger partial charge in [0.15, 0.2) is 0 Å². The van der Waals surface area contributed by atoms with E-state index in [1.807, 2.05) is 6.07 Å². The Morgan fingerprint density at radius 2 is 1.65 bits per heavy atom. The highest BCUT2D eigenvalue weighted by molar-refractivity contribution is 5.78. The molecule has 1 unspecified atom stereocenters. The topological polar surface area (TPSA) is 31.7 Å². The molecule has 1 atom stereocenters. The molecule has 1 aromatic heterocycles. The number of amides is 1. The zero-order chi connectivity index (χ0) is 23.3. The molecule has 5 heteroatoms. The number of rotatable bonds is 6. The summed E-state index contributed by atoms with van der Waals surface area (Å²) in [7, 11) is 0. The summed E-state index contributed by atoms with van der Waals surface area (Å²) < 4.78 is 2.33. The summed E-state index contributed by atoms with van der Waals surface area (Å²) in [5.74, 6) is 0.247. The molecule has 0 bridgehead atoms. The van der Waals surface area contributed by atoms with E-state index in [1.54, 1.807) is 0 Å². The average molecular weight is 455 g/mol. The van der Waals surface area contributed by atoms with Crippen molar-refractivity contribution in [3.8, 4) is 0 Å². The molecule has 1 amide bonds. The lowest BCUT2D eigenvalue weighted by atomic mass is 9.99. The van der Waals surface area contributed by atoms with Crippen LogP contribution in [0.5, 0.6) is 0 Å². The van der Waals surface area contributed by atoms with E-state index in [1.165, 1.54) is 22.4 Å². The number of carbonyl (C=O) groups excluding carboxylic acids is 1. The smallest absolute Gasteiger partial charge is 0.236 e. The second-order valence-corrected chi connectivity index (χ2v) is 9.40. The van der Waals surface area contributed by atoms with Crippen LogP contribution in [-0.2, 0) is 11.3 Å². The number of fused-ring (bicyclic) bond motifs is 1. The van der Waals surface area contributed by atoms with Crippen LogP contribution in [0.25, 0.3) is 6.08 Å². The maximum Gasteiger partial charge on any atom is 0.236 e. The fraction of sp³-hybridized carbons (Fsp3) is 0.345. The maximum absolute atomic E-state index is 13.3. The largest absolute Gasteiger partial charge is 0.348 e. The van der Waals surface area contributed by atoms with E-state index < -0.39 is 0 Å². The normalized spacial score (nSPS) is 19.4. The predicted octanol–water partition coefficient (Wildman–Crippen LogP) is 4.06. The first kappa shape index (κ1) is 22.6. The Morgan fingerprint density at radius 1 is 0.882 bits per heavy atom. The van der Waals surface area contributed by atoms with Crippen LogP contribution in [0, 0.1) is 6.92 Å². The van der Waals surface area contributed by atoms with Crippen LogP contribution < -0.4 is 0 Å². The molecule has 1 saturated heterocycles. The highest BCUT2D eigenvalue weighted by Crippen LogP contribution is 2.32. The van der Waals surface area contributed by atoms with Crippen LogP contribution in [0.3, 0.4) is 0 Å². The van der Waals surface area contributed by atoms with Crippen LogP contribution >= 0.6 is 0 Å². The third-order valence-electron chi connectivity index (χ3n) is 7.07. The third-order valence-corrected chi connectivity index (χ3v) is 7.07. The van der Waals surface area contributed by atoms with Gasteiger partial charge in [-0.3, -0.25) is 14.6 Å². The summed E-state index contributed by atoms with van der Waals surface area (Å²) in [4.78, 5) is 20.1. The Labute approximate surface area is 202 Å². The Balaban J connectivity index is 1.18. The summed E-state index contributed by atoms with van der Waals surface area (Å²) in [6, 6.07) is 23.6. The van der Waals surface area contributed by atoms with E-state index in [0.29, 0.717) is 6.54 Å². The van der Waals surface area contributed by atoms with E-state index in [9.17, 15) is 4.79 Å². The van der Waals surface area contributed by atoms with E-state index in [-0.39, 0.29) is 11.9 Å². The van der Waals surface area contributed by atoms with Crippen molar-refractivity contribution < 1.29 is 4.79 Å². The lowest BCUT2D eigenvalue weighted by Gasteiger charge is -2.39. The Bertz CT molecular complexity index is 1110. The zero-order valence-corrected chi connectivity index (χ0v) is 20.0. The lowest BCUT2D eigenvalue weighted by molar-refractivity contribution is -0.134. The fourth-order valence-corrected chi connectivity index (χ4v) is 5.09. The third kappa shape index (κ3) is 5.16. The Kier molecular flexibility index (Phi) is 6.93. The molecule has 3 heterocycles. The quantitative estimate of drug-likeness (QED) is 0.563. The molecule has 0 N–H and O–H groups in total. The molecule has 176 valence electrons. The molecule has 3 aromatic rings. The minimum absolute atomic E-state index is 0.123. The minimum Gasteiger partial charge on any atom is -0.348 e. The molecule has 2 aliphatic rings. The lowest BCUT2D eigenvalue weighted by Crippen LogP contribution is -2.52. The standard InChI is InChI=1S/C29H34N4O/c1-24-11-13-26(14-12-24)29-27-10-6-16-31(27)21-22-33(29)23-28(34)32-19-17-30(18-20-32)15-5-9-25-7-3-2-4-8-25/h2-14,16,29H,15,17-23H2,1H3/b9-5+. The molecule has 0 saturated carbocycles. The van der Waals surface area contributed by atoms with Crippen LogP contribution in [0.1, 0.15) is 28.4 Å².